The zero-order chi connectivity index (χ0) is 22.5. The molecule has 5 aromatic rings. The number of benzene rings is 2. The van der Waals surface area contributed by atoms with Gasteiger partial charge in [-0.3, -0.25) is 9.20 Å². The Morgan fingerprint density at radius 3 is 2.67 bits per heavy atom. The lowest BCUT2D eigenvalue weighted by Gasteiger charge is -2.16. The molecule has 1 fully saturated rings. The summed E-state index contributed by atoms with van der Waals surface area (Å²) in [7, 11) is 0. The molecule has 0 spiro atoms. The van der Waals surface area contributed by atoms with E-state index in [1.165, 1.54) is 47.3 Å². The Hall–Kier alpha value is -3.92. The van der Waals surface area contributed by atoms with Gasteiger partial charge in [0.15, 0.2) is 0 Å². The minimum Gasteiger partial charge on any atom is -0.376 e. The number of rotatable bonds is 4. The molecule has 4 heterocycles. The number of hydrogen-bond acceptors (Lipinski definition) is 6. The Kier molecular flexibility index (Phi) is 4.54. The van der Waals surface area contributed by atoms with Gasteiger partial charge >= 0.3 is 0 Å². The Bertz CT molecular complexity index is 1550. The van der Waals surface area contributed by atoms with Crippen LogP contribution in [0.25, 0.3) is 39.5 Å². The molecule has 1 unspecified atom stereocenters. The van der Waals surface area contributed by atoms with E-state index in [4.69, 9.17) is 9.26 Å². The number of imidazole rings is 1. The van der Waals surface area contributed by atoms with E-state index < -0.39 is 5.82 Å². The average Bonchev–Trinajstić information content (AvgIpc) is 3.57. The molecule has 0 bridgehead atoms. The van der Waals surface area contributed by atoms with Crippen molar-refractivity contribution in [1.29, 1.82) is 0 Å². The van der Waals surface area contributed by atoms with Crippen LogP contribution in [0, 0.1) is 11.6 Å². The molecular formula is C23H17F2N5O3. The molecule has 3 aromatic heterocycles. The quantitative estimate of drug-likeness (QED) is 0.415. The van der Waals surface area contributed by atoms with Gasteiger partial charge in [-0.1, -0.05) is 5.16 Å². The van der Waals surface area contributed by atoms with Crippen LogP contribution in [0.1, 0.15) is 12.8 Å². The first kappa shape index (κ1) is 19.7. The molecule has 0 N–H and O–H groups in total. The van der Waals surface area contributed by atoms with E-state index in [0.29, 0.717) is 29.7 Å². The summed E-state index contributed by atoms with van der Waals surface area (Å²) < 4.78 is 41.5. The van der Waals surface area contributed by atoms with Gasteiger partial charge in [0, 0.05) is 12.2 Å². The largest absolute Gasteiger partial charge is 0.376 e. The topological polar surface area (TPSA) is 87.5 Å². The van der Waals surface area contributed by atoms with Gasteiger partial charge in [-0.25, -0.2) is 13.8 Å². The van der Waals surface area contributed by atoms with Crippen LogP contribution in [0.4, 0.5) is 8.78 Å². The smallest absolute Gasteiger partial charge is 0.277 e. The van der Waals surface area contributed by atoms with Crippen molar-refractivity contribution in [2.24, 2.45) is 0 Å². The molecule has 8 nitrogen and oxygen atoms in total. The van der Waals surface area contributed by atoms with Crippen molar-refractivity contribution in [2.45, 2.75) is 25.5 Å². The number of aromatic nitrogens is 5. The summed E-state index contributed by atoms with van der Waals surface area (Å²) in [4.78, 5) is 22.3. The summed E-state index contributed by atoms with van der Waals surface area (Å²) in [6, 6.07) is 9.91. The van der Waals surface area contributed by atoms with Crippen LogP contribution < -0.4 is 5.56 Å². The van der Waals surface area contributed by atoms with Gasteiger partial charge in [0.05, 0.1) is 23.7 Å². The van der Waals surface area contributed by atoms with Crippen LogP contribution in [-0.2, 0) is 11.3 Å². The van der Waals surface area contributed by atoms with Crippen molar-refractivity contribution in [3.05, 3.63) is 70.8 Å². The highest BCUT2D eigenvalue weighted by molar-refractivity contribution is 5.83. The Morgan fingerprint density at radius 1 is 1.06 bits per heavy atom. The SMILES string of the molecule is O=c1c2c(-c3noc(-c4ccc(F)cc4)n3)ncn2c2ccc(F)cc2n1CC1CCCO1. The van der Waals surface area contributed by atoms with Crippen molar-refractivity contribution in [2.75, 3.05) is 6.61 Å². The maximum Gasteiger partial charge on any atom is 0.277 e. The molecule has 0 amide bonds. The zero-order valence-corrected chi connectivity index (χ0v) is 17.2. The second-order valence-corrected chi connectivity index (χ2v) is 7.93. The predicted octanol–water partition coefficient (Wildman–Crippen LogP) is 3.82. The van der Waals surface area contributed by atoms with E-state index in [9.17, 15) is 13.6 Å². The van der Waals surface area contributed by atoms with Gasteiger partial charge in [0.2, 0.25) is 5.82 Å². The zero-order valence-electron chi connectivity index (χ0n) is 17.2. The molecule has 1 saturated heterocycles. The molecule has 0 aliphatic carbocycles. The van der Waals surface area contributed by atoms with E-state index >= 15 is 0 Å². The van der Waals surface area contributed by atoms with Gasteiger partial charge < -0.3 is 13.8 Å². The second kappa shape index (κ2) is 7.59. The third-order valence-electron chi connectivity index (χ3n) is 5.84. The van der Waals surface area contributed by atoms with Crippen LogP contribution in [0.3, 0.4) is 0 Å². The van der Waals surface area contributed by atoms with Crippen LogP contribution in [0.15, 0.2) is 58.1 Å². The van der Waals surface area contributed by atoms with E-state index in [0.717, 1.165) is 12.8 Å². The number of nitrogens with zero attached hydrogens (tertiary/aromatic N) is 5. The summed E-state index contributed by atoms with van der Waals surface area (Å²) in [6.07, 6.45) is 3.10. The van der Waals surface area contributed by atoms with Crippen LogP contribution in [0.5, 0.6) is 0 Å². The van der Waals surface area contributed by atoms with Gasteiger partial charge in [-0.15, -0.1) is 0 Å². The van der Waals surface area contributed by atoms with Crippen molar-refractivity contribution >= 4 is 16.6 Å². The first-order valence-corrected chi connectivity index (χ1v) is 10.5. The van der Waals surface area contributed by atoms with Gasteiger partial charge in [-0.05, 0) is 55.3 Å². The molecule has 2 aromatic carbocycles. The molecule has 33 heavy (non-hydrogen) atoms. The highest BCUT2D eigenvalue weighted by Crippen LogP contribution is 2.26. The van der Waals surface area contributed by atoms with Crippen LogP contribution >= 0.6 is 0 Å². The maximum atomic E-state index is 14.1. The lowest BCUT2D eigenvalue weighted by atomic mass is 10.2. The second-order valence-electron chi connectivity index (χ2n) is 7.93. The number of ether oxygens (including phenoxy) is 1. The minimum absolute atomic E-state index is 0.124. The summed E-state index contributed by atoms with van der Waals surface area (Å²) in [6.45, 7) is 0.938. The summed E-state index contributed by atoms with van der Waals surface area (Å²) in [5.74, 6) is -0.522. The standard InChI is InChI=1S/C23H17F2N5O3/c24-14-5-3-13(4-6-14)22-27-21(28-33-22)19-20-23(31)29(11-16-2-1-9-32-16)18-10-15(25)7-8-17(18)30(20)12-26-19/h3-8,10,12,16H,1-2,9,11H2. The number of halogens is 2. The maximum absolute atomic E-state index is 14.1. The van der Waals surface area contributed by atoms with Gasteiger partial charge in [-0.2, -0.15) is 4.98 Å². The summed E-state index contributed by atoms with van der Waals surface area (Å²) >= 11 is 0. The molecule has 166 valence electrons. The third-order valence-corrected chi connectivity index (χ3v) is 5.84. The van der Waals surface area contributed by atoms with Crippen molar-refractivity contribution in [1.82, 2.24) is 24.1 Å². The first-order valence-electron chi connectivity index (χ1n) is 10.5. The number of fused-ring (bicyclic) bond motifs is 3. The van der Waals surface area contributed by atoms with E-state index in [2.05, 4.69) is 15.1 Å². The fraction of sp³-hybridized carbons (Fsp3) is 0.217. The van der Waals surface area contributed by atoms with E-state index in [1.807, 2.05) is 0 Å². The molecule has 10 heteroatoms. The Morgan fingerprint density at radius 2 is 1.88 bits per heavy atom. The van der Waals surface area contributed by atoms with Crippen molar-refractivity contribution in [3.63, 3.8) is 0 Å². The monoisotopic (exact) mass is 449 g/mol. The summed E-state index contributed by atoms with van der Waals surface area (Å²) in [5.41, 5.74) is 1.74. The molecule has 1 atom stereocenters. The number of hydrogen-bond donors (Lipinski definition) is 0. The lowest BCUT2D eigenvalue weighted by molar-refractivity contribution is 0.0973. The fourth-order valence-electron chi connectivity index (χ4n) is 4.26. The van der Waals surface area contributed by atoms with Gasteiger partial charge in [0.25, 0.3) is 11.4 Å². The summed E-state index contributed by atoms with van der Waals surface area (Å²) in [5, 5.41) is 3.99. The minimum atomic E-state index is -0.440. The van der Waals surface area contributed by atoms with Gasteiger partial charge in [0.1, 0.15) is 29.2 Å². The molecule has 6 rings (SSSR count). The fourth-order valence-corrected chi connectivity index (χ4v) is 4.26. The van der Waals surface area contributed by atoms with Crippen LogP contribution in [-0.4, -0.2) is 36.8 Å². The van der Waals surface area contributed by atoms with E-state index in [1.54, 1.807) is 10.5 Å². The molecule has 0 saturated carbocycles. The van der Waals surface area contributed by atoms with Crippen LogP contribution in [0.2, 0.25) is 0 Å². The molecule has 1 aliphatic heterocycles. The highest BCUT2D eigenvalue weighted by Gasteiger charge is 2.24. The first-order chi connectivity index (χ1) is 16.1. The molecular weight excluding hydrogens is 432 g/mol. The predicted molar refractivity (Wildman–Crippen MR) is 115 cm³/mol. The highest BCUT2D eigenvalue weighted by atomic mass is 19.1. The average molecular weight is 449 g/mol. The van der Waals surface area contributed by atoms with Crippen molar-refractivity contribution < 1.29 is 18.0 Å². The molecule has 1 aliphatic rings. The van der Waals surface area contributed by atoms with E-state index in [-0.39, 0.29) is 40.4 Å². The lowest BCUT2D eigenvalue weighted by Crippen LogP contribution is -2.28. The Labute approximate surface area is 185 Å². The Balaban J connectivity index is 1.54. The third kappa shape index (κ3) is 3.30. The molecule has 0 radical (unpaired) electrons. The normalized spacial score (nSPS) is 16.2. The van der Waals surface area contributed by atoms with Crippen molar-refractivity contribution in [3.8, 4) is 23.0 Å².